The van der Waals surface area contributed by atoms with Crippen LogP contribution in [0, 0.1) is 0 Å². The average molecular weight is 128 g/mol. The second kappa shape index (κ2) is 2.50. The van der Waals surface area contributed by atoms with Gasteiger partial charge in [-0.2, -0.15) is 0 Å². The van der Waals surface area contributed by atoms with Gasteiger partial charge in [0.1, 0.15) is 7.85 Å². The van der Waals surface area contributed by atoms with Gasteiger partial charge in [0.25, 0.3) is 0 Å². The van der Waals surface area contributed by atoms with Gasteiger partial charge in [-0.1, -0.05) is 0 Å². The van der Waals surface area contributed by atoms with E-state index in [1.807, 2.05) is 0 Å². The number of ether oxygens (including phenoxy) is 1. The van der Waals surface area contributed by atoms with Gasteiger partial charge in [0.2, 0.25) is 0 Å². The Labute approximate surface area is 54.4 Å². The Morgan fingerprint density at radius 3 is 2.78 bits per heavy atom. The lowest BCUT2D eigenvalue weighted by Crippen LogP contribution is -2.16. The van der Waals surface area contributed by atoms with Crippen LogP contribution in [0.1, 0.15) is 6.42 Å². The fourth-order valence-corrected chi connectivity index (χ4v) is 0.911. The van der Waals surface area contributed by atoms with Crippen molar-refractivity contribution < 1.29 is 14.6 Å². The first-order chi connectivity index (χ1) is 4.24. The highest BCUT2D eigenvalue weighted by Gasteiger charge is 2.28. The summed E-state index contributed by atoms with van der Waals surface area (Å²) in [6.45, 7) is -0.0456. The standard InChI is InChI=1S/C5H9BO3/c6-5-4(8)1-3(2-7)9-5/h3,5,7H,1-2,6H2/t3-,5+/m0/s1. The normalized spacial score (nSPS) is 35.4. The van der Waals surface area contributed by atoms with Crippen LogP contribution in [-0.4, -0.2) is 37.5 Å². The van der Waals surface area contributed by atoms with Gasteiger partial charge in [-0.25, -0.2) is 0 Å². The van der Waals surface area contributed by atoms with Crippen molar-refractivity contribution in [3.8, 4) is 0 Å². The summed E-state index contributed by atoms with van der Waals surface area (Å²) < 4.78 is 5.02. The Bertz CT molecular complexity index is 125. The maximum Gasteiger partial charge on any atom is 0.155 e. The van der Waals surface area contributed by atoms with Gasteiger partial charge < -0.3 is 9.84 Å². The van der Waals surface area contributed by atoms with E-state index in [2.05, 4.69) is 0 Å². The van der Waals surface area contributed by atoms with E-state index < -0.39 is 0 Å². The van der Waals surface area contributed by atoms with Crippen molar-refractivity contribution in [1.82, 2.24) is 0 Å². The SMILES string of the molecule is B[C@@H]1O[C@H](CO)CC1=O. The lowest BCUT2D eigenvalue weighted by molar-refractivity contribution is -0.119. The number of carbonyl (C=O) groups excluding carboxylic acids is 1. The molecule has 0 spiro atoms. The van der Waals surface area contributed by atoms with Gasteiger partial charge >= 0.3 is 0 Å². The van der Waals surface area contributed by atoms with Crippen molar-refractivity contribution in [2.24, 2.45) is 0 Å². The van der Waals surface area contributed by atoms with Crippen molar-refractivity contribution in [1.29, 1.82) is 0 Å². The van der Waals surface area contributed by atoms with Gasteiger partial charge in [-0.3, -0.25) is 4.79 Å². The summed E-state index contributed by atoms with van der Waals surface area (Å²) in [5.41, 5.74) is 0. The first-order valence-electron chi connectivity index (χ1n) is 3.03. The monoisotopic (exact) mass is 128 g/mol. The second-order valence-corrected chi connectivity index (χ2v) is 2.25. The molecule has 0 aliphatic carbocycles. The molecule has 0 aromatic heterocycles. The molecule has 0 saturated carbocycles. The van der Waals surface area contributed by atoms with Gasteiger partial charge in [-0.05, 0) is 0 Å². The second-order valence-electron chi connectivity index (χ2n) is 2.25. The summed E-state index contributed by atoms with van der Waals surface area (Å²) in [5.74, 6) is 0.0917. The van der Waals surface area contributed by atoms with Crippen LogP contribution in [0.2, 0.25) is 0 Å². The van der Waals surface area contributed by atoms with Crippen LogP contribution in [0.25, 0.3) is 0 Å². The van der Waals surface area contributed by atoms with E-state index in [0.29, 0.717) is 6.42 Å². The molecule has 0 unspecified atom stereocenters. The number of ketones is 1. The summed E-state index contributed by atoms with van der Waals surface area (Å²) in [6, 6.07) is -0.304. The van der Waals surface area contributed by atoms with Crippen LogP contribution in [0.5, 0.6) is 0 Å². The molecule has 0 aromatic rings. The topological polar surface area (TPSA) is 46.5 Å². The average Bonchev–Trinajstić information content (AvgIpc) is 2.13. The molecule has 1 fully saturated rings. The number of hydrogen-bond acceptors (Lipinski definition) is 3. The summed E-state index contributed by atoms with van der Waals surface area (Å²) in [4.78, 5) is 10.7. The van der Waals surface area contributed by atoms with Crippen LogP contribution in [0.3, 0.4) is 0 Å². The number of aliphatic hydroxyl groups is 1. The molecule has 2 atom stereocenters. The molecule has 1 rings (SSSR count). The Morgan fingerprint density at radius 1 is 1.89 bits per heavy atom. The van der Waals surface area contributed by atoms with Crippen molar-refractivity contribution in [3.05, 3.63) is 0 Å². The zero-order valence-corrected chi connectivity index (χ0v) is 5.33. The highest BCUT2D eigenvalue weighted by atomic mass is 16.5. The van der Waals surface area contributed by atoms with E-state index in [4.69, 9.17) is 9.84 Å². The first kappa shape index (κ1) is 6.77. The van der Waals surface area contributed by atoms with E-state index in [1.54, 1.807) is 7.85 Å². The van der Waals surface area contributed by atoms with Crippen LogP contribution in [-0.2, 0) is 9.53 Å². The molecular formula is C5H9BO3. The van der Waals surface area contributed by atoms with Gasteiger partial charge in [-0.15, -0.1) is 0 Å². The summed E-state index contributed by atoms with van der Waals surface area (Å²) in [5, 5.41) is 8.52. The van der Waals surface area contributed by atoms with Crippen molar-refractivity contribution in [3.63, 3.8) is 0 Å². The van der Waals surface area contributed by atoms with Crippen LogP contribution in [0.15, 0.2) is 0 Å². The summed E-state index contributed by atoms with van der Waals surface area (Å²) >= 11 is 0. The fourth-order valence-electron chi connectivity index (χ4n) is 0.911. The molecule has 0 aromatic carbocycles. The quantitative estimate of drug-likeness (QED) is 0.428. The molecule has 0 bridgehead atoms. The molecule has 1 aliphatic rings. The lowest BCUT2D eigenvalue weighted by Gasteiger charge is -2.03. The summed E-state index contributed by atoms with van der Waals surface area (Å²) in [6.07, 6.45) is 0.130. The minimum absolute atomic E-state index is 0.0456. The Hall–Kier alpha value is -0.345. The number of hydrogen-bond donors (Lipinski definition) is 1. The largest absolute Gasteiger partial charge is 0.394 e. The van der Waals surface area contributed by atoms with Crippen LogP contribution >= 0.6 is 0 Å². The smallest absolute Gasteiger partial charge is 0.155 e. The minimum atomic E-state index is -0.304. The van der Waals surface area contributed by atoms with Crippen molar-refractivity contribution >= 4 is 13.6 Å². The van der Waals surface area contributed by atoms with Gasteiger partial charge in [0.05, 0.1) is 18.7 Å². The van der Waals surface area contributed by atoms with Crippen molar-refractivity contribution in [2.75, 3.05) is 6.61 Å². The Morgan fingerprint density at radius 2 is 2.56 bits per heavy atom. The Balaban J connectivity index is 2.44. The molecule has 1 N–H and O–H groups in total. The number of Topliss-reactive ketones (excluding diaryl/α,β-unsaturated/α-hetero) is 1. The zero-order valence-electron chi connectivity index (χ0n) is 5.33. The highest BCUT2D eigenvalue weighted by molar-refractivity contribution is 6.24. The minimum Gasteiger partial charge on any atom is -0.394 e. The van der Waals surface area contributed by atoms with E-state index >= 15 is 0 Å². The molecular weight excluding hydrogens is 119 g/mol. The molecule has 50 valence electrons. The Kier molecular flexibility index (Phi) is 1.88. The van der Waals surface area contributed by atoms with Crippen LogP contribution < -0.4 is 0 Å². The van der Waals surface area contributed by atoms with E-state index in [-0.39, 0.29) is 24.5 Å². The third-order valence-corrected chi connectivity index (χ3v) is 1.48. The summed E-state index contributed by atoms with van der Waals surface area (Å²) in [7, 11) is 1.71. The molecule has 4 heteroatoms. The third kappa shape index (κ3) is 1.31. The van der Waals surface area contributed by atoms with Crippen molar-refractivity contribution in [2.45, 2.75) is 18.5 Å². The molecule has 3 nitrogen and oxygen atoms in total. The zero-order chi connectivity index (χ0) is 6.85. The van der Waals surface area contributed by atoms with E-state index in [9.17, 15) is 4.79 Å². The fraction of sp³-hybridized carbons (Fsp3) is 0.800. The van der Waals surface area contributed by atoms with Crippen LogP contribution in [0.4, 0.5) is 0 Å². The maximum atomic E-state index is 10.7. The predicted octanol–water partition coefficient (Wildman–Crippen LogP) is -1.70. The number of rotatable bonds is 1. The lowest BCUT2D eigenvalue weighted by atomic mass is 9.96. The van der Waals surface area contributed by atoms with E-state index in [1.165, 1.54) is 0 Å². The molecule has 0 radical (unpaired) electrons. The number of carbonyl (C=O) groups is 1. The third-order valence-electron chi connectivity index (χ3n) is 1.48. The molecule has 9 heavy (non-hydrogen) atoms. The number of aliphatic hydroxyl groups excluding tert-OH is 1. The molecule has 1 aliphatic heterocycles. The molecule has 0 amide bonds. The predicted molar refractivity (Wildman–Crippen MR) is 33.9 cm³/mol. The molecule has 1 heterocycles. The van der Waals surface area contributed by atoms with Gasteiger partial charge in [0.15, 0.2) is 5.78 Å². The van der Waals surface area contributed by atoms with E-state index in [0.717, 1.165) is 0 Å². The molecule has 1 saturated heterocycles. The maximum absolute atomic E-state index is 10.7. The highest BCUT2D eigenvalue weighted by Crippen LogP contribution is 2.12. The first-order valence-corrected chi connectivity index (χ1v) is 3.03. The van der Waals surface area contributed by atoms with Gasteiger partial charge in [0, 0.05) is 6.42 Å².